The summed E-state index contributed by atoms with van der Waals surface area (Å²) in [5.41, 5.74) is 2.68. The number of rotatable bonds is 4. The highest BCUT2D eigenvalue weighted by Gasteiger charge is 2.03. The highest BCUT2D eigenvalue weighted by Crippen LogP contribution is 2.25. The van der Waals surface area contributed by atoms with Crippen LogP contribution in [0.3, 0.4) is 0 Å². The van der Waals surface area contributed by atoms with Gasteiger partial charge in [-0.25, -0.2) is 0 Å². The Hall–Kier alpha value is -2.47. The van der Waals surface area contributed by atoms with Gasteiger partial charge in [0.1, 0.15) is 5.75 Å². The maximum Gasteiger partial charge on any atom is 0.143 e. The molecule has 1 N–H and O–H groups in total. The van der Waals surface area contributed by atoms with Crippen LogP contribution >= 0.6 is 0 Å². The summed E-state index contributed by atoms with van der Waals surface area (Å²) in [6, 6.07) is 17.6. The molecule has 18 heavy (non-hydrogen) atoms. The molecule has 0 aliphatic carbocycles. The van der Waals surface area contributed by atoms with E-state index >= 15 is 0 Å². The summed E-state index contributed by atoms with van der Waals surface area (Å²) < 4.78 is 5.26. The van der Waals surface area contributed by atoms with Gasteiger partial charge < -0.3 is 10.1 Å². The Morgan fingerprint density at radius 3 is 2.61 bits per heavy atom. The van der Waals surface area contributed by atoms with E-state index < -0.39 is 0 Å². The first kappa shape index (κ1) is 12.0. The van der Waals surface area contributed by atoms with Crippen molar-refractivity contribution in [2.24, 2.45) is 0 Å². The smallest absolute Gasteiger partial charge is 0.143 e. The molecule has 0 aliphatic rings. The summed E-state index contributed by atoms with van der Waals surface area (Å²) in [6.07, 6.45) is 0. The largest absolute Gasteiger partial charge is 0.495 e. The van der Waals surface area contributed by atoms with Crippen molar-refractivity contribution >= 4 is 5.69 Å². The molecule has 0 bridgehead atoms. The quantitative estimate of drug-likeness (QED) is 0.889. The van der Waals surface area contributed by atoms with E-state index in [-0.39, 0.29) is 0 Å². The van der Waals surface area contributed by atoms with Gasteiger partial charge in [-0.2, -0.15) is 5.26 Å². The Kier molecular flexibility index (Phi) is 3.83. The van der Waals surface area contributed by atoms with E-state index in [2.05, 4.69) is 23.5 Å². The van der Waals surface area contributed by atoms with E-state index in [1.54, 1.807) is 19.2 Å². The summed E-state index contributed by atoms with van der Waals surface area (Å²) in [7, 11) is 1.60. The predicted molar refractivity (Wildman–Crippen MR) is 71.5 cm³/mol. The maximum absolute atomic E-state index is 8.83. The van der Waals surface area contributed by atoms with Crippen LogP contribution in [0.1, 0.15) is 11.1 Å². The van der Waals surface area contributed by atoms with Crippen molar-refractivity contribution < 1.29 is 4.74 Å². The van der Waals surface area contributed by atoms with Crippen molar-refractivity contribution in [1.82, 2.24) is 0 Å². The van der Waals surface area contributed by atoms with Crippen LogP contribution in [0.5, 0.6) is 5.75 Å². The molecule has 0 atom stereocenters. The number of nitrogens with zero attached hydrogens (tertiary/aromatic N) is 1. The Labute approximate surface area is 107 Å². The topological polar surface area (TPSA) is 45.0 Å². The highest BCUT2D eigenvalue weighted by molar-refractivity contribution is 5.59. The van der Waals surface area contributed by atoms with Crippen LogP contribution in [0.15, 0.2) is 48.5 Å². The Bertz CT molecular complexity index is 558. The summed E-state index contributed by atoms with van der Waals surface area (Å²) >= 11 is 0. The zero-order valence-corrected chi connectivity index (χ0v) is 10.2. The molecule has 3 nitrogen and oxygen atoms in total. The fraction of sp³-hybridized carbons (Fsp3) is 0.133. The van der Waals surface area contributed by atoms with Gasteiger partial charge in [-0.05, 0) is 17.7 Å². The van der Waals surface area contributed by atoms with Crippen molar-refractivity contribution in [2.75, 3.05) is 12.4 Å². The van der Waals surface area contributed by atoms with Crippen molar-refractivity contribution in [1.29, 1.82) is 5.26 Å². The molecule has 2 rings (SSSR count). The number of benzene rings is 2. The maximum atomic E-state index is 8.83. The SMILES string of the molecule is COc1cc(C#N)ccc1NCc1ccccc1. The van der Waals surface area contributed by atoms with Crippen molar-refractivity contribution in [2.45, 2.75) is 6.54 Å². The van der Waals surface area contributed by atoms with Gasteiger partial charge in [0.25, 0.3) is 0 Å². The van der Waals surface area contributed by atoms with E-state index in [4.69, 9.17) is 10.00 Å². The van der Waals surface area contributed by atoms with Gasteiger partial charge in [-0.1, -0.05) is 30.3 Å². The first-order valence-electron chi connectivity index (χ1n) is 5.69. The molecule has 0 saturated carbocycles. The monoisotopic (exact) mass is 238 g/mol. The zero-order chi connectivity index (χ0) is 12.8. The minimum Gasteiger partial charge on any atom is -0.495 e. The summed E-state index contributed by atoms with van der Waals surface area (Å²) in [4.78, 5) is 0. The van der Waals surface area contributed by atoms with E-state index in [0.29, 0.717) is 11.3 Å². The van der Waals surface area contributed by atoms with Crippen LogP contribution < -0.4 is 10.1 Å². The van der Waals surface area contributed by atoms with Gasteiger partial charge in [0.2, 0.25) is 0 Å². The van der Waals surface area contributed by atoms with Gasteiger partial charge in [0, 0.05) is 12.6 Å². The molecule has 90 valence electrons. The number of hydrogen-bond donors (Lipinski definition) is 1. The van der Waals surface area contributed by atoms with Gasteiger partial charge in [0.05, 0.1) is 24.4 Å². The molecule has 0 aromatic heterocycles. The zero-order valence-electron chi connectivity index (χ0n) is 10.2. The number of ether oxygens (including phenoxy) is 1. The molecule has 0 saturated heterocycles. The van der Waals surface area contributed by atoms with E-state index in [1.165, 1.54) is 5.56 Å². The minimum atomic E-state index is 0.595. The number of hydrogen-bond acceptors (Lipinski definition) is 3. The average Bonchev–Trinajstić information content (AvgIpc) is 2.46. The Morgan fingerprint density at radius 2 is 1.94 bits per heavy atom. The second-order valence-electron chi connectivity index (χ2n) is 3.87. The highest BCUT2D eigenvalue weighted by atomic mass is 16.5. The van der Waals surface area contributed by atoms with Crippen molar-refractivity contribution in [3.05, 3.63) is 59.7 Å². The summed E-state index contributed by atoms with van der Waals surface area (Å²) in [5.74, 6) is 0.685. The van der Waals surface area contributed by atoms with E-state index in [9.17, 15) is 0 Å². The van der Waals surface area contributed by atoms with Gasteiger partial charge in [-0.3, -0.25) is 0 Å². The predicted octanol–water partition coefficient (Wildman–Crippen LogP) is 3.18. The van der Waals surface area contributed by atoms with E-state index in [0.717, 1.165) is 12.2 Å². The standard InChI is InChI=1S/C15H14N2O/c1-18-15-9-13(10-16)7-8-14(15)17-11-12-5-3-2-4-6-12/h2-9,17H,11H2,1H3. The van der Waals surface area contributed by atoms with Crippen molar-refractivity contribution in [3.8, 4) is 11.8 Å². The number of methoxy groups -OCH3 is 1. The van der Waals surface area contributed by atoms with E-state index in [1.807, 2.05) is 24.3 Å². The molecule has 0 amide bonds. The van der Waals surface area contributed by atoms with Crippen LogP contribution in [-0.4, -0.2) is 7.11 Å². The molecule has 0 radical (unpaired) electrons. The van der Waals surface area contributed by atoms with Gasteiger partial charge >= 0.3 is 0 Å². The first-order valence-corrected chi connectivity index (χ1v) is 5.69. The lowest BCUT2D eigenvalue weighted by Gasteiger charge is -2.11. The molecule has 2 aromatic carbocycles. The molecule has 0 heterocycles. The Balaban J connectivity index is 2.12. The van der Waals surface area contributed by atoms with Crippen LogP contribution in [0.4, 0.5) is 5.69 Å². The Morgan fingerprint density at radius 1 is 1.17 bits per heavy atom. The minimum absolute atomic E-state index is 0.595. The fourth-order valence-electron chi connectivity index (χ4n) is 1.70. The van der Waals surface area contributed by atoms with Crippen LogP contribution in [0, 0.1) is 11.3 Å². The second kappa shape index (κ2) is 5.74. The van der Waals surface area contributed by atoms with Crippen LogP contribution in [0.25, 0.3) is 0 Å². The molecular formula is C15H14N2O. The number of nitrogens with one attached hydrogen (secondary N) is 1. The summed E-state index contributed by atoms with van der Waals surface area (Å²) in [5, 5.41) is 12.1. The fourth-order valence-corrected chi connectivity index (χ4v) is 1.70. The lowest BCUT2D eigenvalue weighted by molar-refractivity contribution is 0.416. The molecule has 3 heteroatoms. The molecule has 2 aromatic rings. The summed E-state index contributed by atoms with van der Waals surface area (Å²) in [6.45, 7) is 0.725. The third kappa shape index (κ3) is 2.80. The van der Waals surface area contributed by atoms with Crippen LogP contribution in [0.2, 0.25) is 0 Å². The lowest BCUT2D eigenvalue weighted by atomic mass is 10.2. The van der Waals surface area contributed by atoms with Gasteiger partial charge in [0.15, 0.2) is 0 Å². The number of nitriles is 1. The molecule has 0 aliphatic heterocycles. The third-order valence-corrected chi connectivity index (χ3v) is 2.66. The lowest BCUT2D eigenvalue weighted by Crippen LogP contribution is -2.01. The van der Waals surface area contributed by atoms with Crippen molar-refractivity contribution in [3.63, 3.8) is 0 Å². The molecule has 0 spiro atoms. The van der Waals surface area contributed by atoms with Gasteiger partial charge in [-0.15, -0.1) is 0 Å². The van der Waals surface area contributed by atoms with Crippen LogP contribution in [-0.2, 0) is 6.54 Å². The number of anilines is 1. The average molecular weight is 238 g/mol. The molecule has 0 fully saturated rings. The molecular weight excluding hydrogens is 224 g/mol. The molecule has 0 unspecified atom stereocenters. The first-order chi connectivity index (χ1) is 8.83. The second-order valence-corrected chi connectivity index (χ2v) is 3.87. The third-order valence-electron chi connectivity index (χ3n) is 2.66. The normalized spacial score (nSPS) is 9.56.